The molecule has 5 nitrogen and oxygen atoms in total. The highest BCUT2D eigenvalue weighted by Crippen LogP contribution is 2.48. The number of hydrogen-bond donors (Lipinski definition) is 3. The quantitative estimate of drug-likeness (QED) is 0.672. The van der Waals surface area contributed by atoms with Crippen molar-refractivity contribution in [3.05, 3.63) is 0 Å². The fourth-order valence-electron chi connectivity index (χ4n) is 4.51. The number of aliphatic hydroxyl groups is 1. The minimum Gasteiger partial charge on any atom is -0.396 e. The number of hydrogen-bond acceptors (Lipinski definition) is 3. The summed E-state index contributed by atoms with van der Waals surface area (Å²) in [5.74, 6) is 1.43. The molecule has 2 saturated carbocycles. The van der Waals surface area contributed by atoms with Crippen molar-refractivity contribution in [2.75, 3.05) is 19.7 Å². The van der Waals surface area contributed by atoms with Crippen LogP contribution in [-0.2, 0) is 0 Å². The molecular weight excluding hydrogens is 278 g/mol. The third-order valence-corrected chi connectivity index (χ3v) is 5.58. The number of urea groups is 1. The van der Waals surface area contributed by atoms with E-state index in [0.29, 0.717) is 30.5 Å². The molecule has 0 aromatic heterocycles. The van der Waals surface area contributed by atoms with Crippen LogP contribution >= 0.6 is 0 Å². The van der Waals surface area contributed by atoms with Gasteiger partial charge in [0.15, 0.2) is 0 Å². The minimum absolute atomic E-state index is 0.0801. The first kappa shape index (κ1) is 17.5. The number of amides is 2. The van der Waals surface area contributed by atoms with E-state index in [1.807, 2.05) is 0 Å². The average Bonchev–Trinajstić information content (AvgIpc) is 3.03. The maximum Gasteiger partial charge on any atom is 0.315 e. The maximum absolute atomic E-state index is 12.1. The summed E-state index contributed by atoms with van der Waals surface area (Å²) >= 11 is 0. The highest BCUT2D eigenvalue weighted by Gasteiger charge is 2.47. The summed E-state index contributed by atoms with van der Waals surface area (Å²) in [7, 11) is 0. The lowest BCUT2D eigenvalue weighted by molar-refractivity contribution is 0.143. The summed E-state index contributed by atoms with van der Waals surface area (Å²) in [5.41, 5.74) is 0. The van der Waals surface area contributed by atoms with Crippen LogP contribution < -0.4 is 10.6 Å². The van der Waals surface area contributed by atoms with Gasteiger partial charge < -0.3 is 15.7 Å². The molecule has 0 radical (unpaired) electrons. The van der Waals surface area contributed by atoms with Gasteiger partial charge in [0.05, 0.1) is 0 Å². The van der Waals surface area contributed by atoms with Gasteiger partial charge in [-0.15, -0.1) is 0 Å². The van der Waals surface area contributed by atoms with E-state index in [2.05, 4.69) is 43.2 Å². The fourth-order valence-corrected chi connectivity index (χ4v) is 4.51. The highest BCUT2D eigenvalue weighted by molar-refractivity contribution is 5.74. The van der Waals surface area contributed by atoms with Crippen LogP contribution in [0.1, 0.15) is 47.0 Å². The Morgan fingerprint density at radius 1 is 1.18 bits per heavy atom. The fraction of sp³-hybridized carbons (Fsp3) is 0.941. The van der Waals surface area contributed by atoms with Crippen LogP contribution in [0.5, 0.6) is 0 Å². The van der Waals surface area contributed by atoms with Crippen molar-refractivity contribution in [2.24, 2.45) is 17.8 Å². The predicted molar refractivity (Wildman–Crippen MR) is 88.7 cm³/mol. The molecule has 2 fully saturated rings. The van der Waals surface area contributed by atoms with Crippen LogP contribution in [0, 0.1) is 17.8 Å². The number of carbonyl (C=O) groups excluding carboxylic acids is 1. The molecule has 2 aliphatic carbocycles. The smallest absolute Gasteiger partial charge is 0.315 e. The standard InChI is InChI=1S/C17H33N3O2/c1-11(2)20(12(3)4)8-7-18-17(22)19-16-14-6-5-13(9-14)15(16)10-21/h11-16,21H,5-10H2,1-4H3,(H2,18,19,22). The van der Waals surface area contributed by atoms with Crippen LogP contribution in [0.4, 0.5) is 4.79 Å². The van der Waals surface area contributed by atoms with Crippen molar-refractivity contribution in [1.82, 2.24) is 15.5 Å². The molecule has 128 valence electrons. The van der Waals surface area contributed by atoms with Gasteiger partial charge in [-0.25, -0.2) is 4.79 Å². The molecule has 22 heavy (non-hydrogen) atoms. The van der Waals surface area contributed by atoms with Crippen LogP contribution in [-0.4, -0.2) is 53.9 Å². The van der Waals surface area contributed by atoms with Gasteiger partial charge in [0.25, 0.3) is 0 Å². The molecule has 2 bridgehead atoms. The monoisotopic (exact) mass is 311 g/mol. The summed E-state index contributed by atoms with van der Waals surface area (Å²) in [5, 5.41) is 15.7. The molecule has 0 aromatic rings. The number of rotatable bonds is 7. The van der Waals surface area contributed by atoms with Crippen LogP contribution in [0.2, 0.25) is 0 Å². The molecule has 5 heteroatoms. The van der Waals surface area contributed by atoms with Crippen molar-refractivity contribution >= 4 is 6.03 Å². The third kappa shape index (κ3) is 3.93. The Morgan fingerprint density at radius 3 is 2.41 bits per heavy atom. The van der Waals surface area contributed by atoms with Gasteiger partial charge >= 0.3 is 6.03 Å². The van der Waals surface area contributed by atoms with Gasteiger partial charge in [0.2, 0.25) is 0 Å². The third-order valence-electron chi connectivity index (χ3n) is 5.58. The first-order chi connectivity index (χ1) is 10.4. The number of nitrogens with zero attached hydrogens (tertiary/aromatic N) is 1. The van der Waals surface area contributed by atoms with E-state index in [0.717, 1.165) is 6.54 Å². The van der Waals surface area contributed by atoms with Gasteiger partial charge in [0.1, 0.15) is 0 Å². The molecule has 0 saturated heterocycles. The van der Waals surface area contributed by atoms with Crippen molar-refractivity contribution in [1.29, 1.82) is 0 Å². The van der Waals surface area contributed by atoms with E-state index in [4.69, 9.17) is 0 Å². The first-order valence-electron chi connectivity index (χ1n) is 8.85. The SMILES string of the molecule is CC(C)N(CCNC(=O)NC1C2CCC(C2)C1CO)C(C)C. The summed E-state index contributed by atoms with van der Waals surface area (Å²) in [6, 6.07) is 1.04. The van der Waals surface area contributed by atoms with E-state index < -0.39 is 0 Å². The zero-order valence-electron chi connectivity index (χ0n) is 14.5. The van der Waals surface area contributed by atoms with Gasteiger partial charge in [-0.2, -0.15) is 0 Å². The van der Waals surface area contributed by atoms with E-state index in [-0.39, 0.29) is 24.6 Å². The Labute approximate surface area is 134 Å². The van der Waals surface area contributed by atoms with Gasteiger partial charge in [-0.3, -0.25) is 4.90 Å². The van der Waals surface area contributed by atoms with Crippen LogP contribution in [0.15, 0.2) is 0 Å². The Bertz CT molecular complexity index is 365. The second-order valence-corrected chi connectivity index (χ2v) is 7.53. The lowest BCUT2D eigenvalue weighted by atomic mass is 9.85. The molecule has 0 aromatic carbocycles. The van der Waals surface area contributed by atoms with Crippen LogP contribution in [0.3, 0.4) is 0 Å². The van der Waals surface area contributed by atoms with Gasteiger partial charge in [-0.05, 0) is 58.8 Å². The molecule has 3 N–H and O–H groups in total. The zero-order chi connectivity index (χ0) is 16.3. The molecular formula is C17H33N3O2. The van der Waals surface area contributed by atoms with Crippen molar-refractivity contribution in [3.8, 4) is 0 Å². The molecule has 4 atom stereocenters. The second kappa shape index (κ2) is 7.64. The summed E-state index contributed by atoms with van der Waals surface area (Å²) in [4.78, 5) is 14.5. The zero-order valence-corrected chi connectivity index (χ0v) is 14.5. The predicted octanol–water partition coefficient (Wildman–Crippen LogP) is 1.81. The Morgan fingerprint density at radius 2 is 1.82 bits per heavy atom. The summed E-state index contributed by atoms with van der Waals surface area (Å²) in [6.07, 6.45) is 3.58. The Balaban J connectivity index is 1.74. The Kier molecular flexibility index (Phi) is 6.09. The molecule has 2 aliphatic rings. The van der Waals surface area contributed by atoms with E-state index >= 15 is 0 Å². The van der Waals surface area contributed by atoms with E-state index in [1.165, 1.54) is 19.3 Å². The first-order valence-corrected chi connectivity index (χ1v) is 8.85. The lowest BCUT2D eigenvalue weighted by Gasteiger charge is -2.32. The van der Waals surface area contributed by atoms with Gasteiger partial charge in [-0.1, -0.05) is 0 Å². The largest absolute Gasteiger partial charge is 0.396 e. The number of carbonyl (C=O) groups is 1. The average molecular weight is 311 g/mol. The number of nitrogens with one attached hydrogen (secondary N) is 2. The van der Waals surface area contributed by atoms with Crippen LogP contribution in [0.25, 0.3) is 0 Å². The summed E-state index contributed by atoms with van der Waals surface area (Å²) < 4.78 is 0. The summed E-state index contributed by atoms with van der Waals surface area (Å²) in [6.45, 7) is 10.4. The molecule has 4 unspecified atom stereocenters. The molecule has 2 rings (SSSR count). The number of aliphatic hydroxyl groups excluding tert-OH is 1. The normalized spacial score (nSPS) is 30.5. The van der Waals surface area contributed by atoms with Crippen molar-refractivity contribution < 1.29 is 9.90 Å². The topological polar surface area (TPSA) is 64.6 Å². The lowest BCUT2D eigenvalue weighted by Crippen LogP contribution is -2.50. The minimum atomic E-state index is -0.0801. The maximum atomic E-state index is 12.1. The number of fused-ring (bicyclic) bond motifs is 2. The molecule has 0 spiro atoms. The highest BCUT2D eigenvalue weighted by atomic mass is 16.3. The molecule has 0 heterocycles. The van der Waals surface area contributed by atoms with E-state index in [9.17, 15) is 9.90 Å². The molecule has 0 aliphatic heterocycles. The van der Waals surface area contributed by atoms with Gasteiger partial charge in [0, 0.05) is 43.7 Å². The second-order valence-electron chi connectivity index (χ2n) is 7.53. The molecule has 2 amide bonds. The van der Waals surface area contributed by atoms with E-state index in [1.54, 1.807) is 0 Å². The van der Waals surface area contributed by atoms with Crippen molar-refractivity contribution in [2.45, 2.75) is 65.1 Å². The van der Waals surface area contributed by atoms with Crippen molar-refractivity contribution in [3.63, 3.8) is 0 Å². The Hall–Kier alpha value is -0.810.